The Kier molecular flexibility index (Phi) is 3.00. The van der Waals surface area contributed by atoms with Gasteiger partial charge >= 0.3 is 5.97 Å². The Balaban J connectivity index is 1.92. The van der Waals surface area contributed by atoms with Crippen molar-refractivity contribution < 1.29 is 28.3 Å². The molecule has 0 bridgehead atoms. The first-order chi connectivity index (χ1) is 9.90. The highest BCUT2D eigenvalue weighted by molar-refractivity contribution is 6.21. The van der Waals surface area contributed by atoms with Gasteiger partial charge in [0.1, 0.15) is 0 Å². The molecule has 0 unspecified atom stereocenters. The predicted octanol–water partition coefficient (Wildman–Crippen LogP) is 1.81. The smallest absolute Gasteiger partial charge is 0.306 e. The van der Waals surface area contributed by atoms with Crippen LogP contribution in [-0.4, -0.2) is 33.8 Å². The molecule has 1 heterocycles. The minimum Gasteiger partial charge on any atom is -0.481 e. The van der Waals surface area contributed by atoms with Gasteiger partial charge in [-0.05, 0) is 31.4 Å². The molecule has 0 radical (unpaired) electrons. The van der Waals surface area contributed by atoms with Gasteiger partial charge in [-0.25, -0.2) is 8.78 Å². The summed E-state index contributed by atoms with van der Waals surface area (Å²) < 4.78 is 26.4. The van der Waals surface area contributed by atoms with E-state index in [0.717, 1.165) is 4.90 Å². The Bertz CT molecular complexity index is 632. The maximum absolute atomic E-state index is 13.2. The number of halogens is 2. The molecule has 1 saturated carbocycles. The van der Waals surface area contributed by atoms with Crippen LogP contribution in [0.3, 0.4) is 0 Å². The number of carbonyl (C=O) groups is 3. The van der Waals surface area contributed by atoms with Crippen LogP contribution in [0.1, 0.15) is 40.0 Å². The number of hydrogen-bond donors (Lipinski definition) is 1. The van der Waals surface area contributed by atoms with Gasteiger partial charge in [-0.15, -0.1) is 0 Å². The molecule has 0 spiro atoms. The van der Waals surface area contributed by atoms with E-state index in [1.54, 1.807) is 0 Å². The lowest BCUT2D eigenvalue weighted by molar-refractivity contribution is -0.141. The molecule has 0 aromatic heterocycles. The summed E-state index contributed by atoms with van der Waals surface area (Å²) >= 11 is 0. The van der Waals surface area contributed by atoms with E-state index >= 15 is 0 Å². The second kappa shape index (κ2) is 4.61. The first-order valence-corrected chi connectivity index (χ1v) is 6.50. The Morgan fingerprint density at radius 1 is 1.10 bits per heavy atom. The van der Waals surface area contributed by atoms with Crippen molar-refractivity contribution in [1.29, 1.82) is 0 Å². The van der Waals surface area contributed by atoms with Crippen LogP contribution in [-0.2, 0) is 4.79 Å². The molecule has 21 heavy (non-hydrogen) atoms. The van der Waals surface area contributed by atoms with Crippen LogP contribution < -0.4 is 0 Å². The number of carboxylic acid groups (broad SMARTS) is 1. The van der Waals surface area contributed by atoms with Crippen molar-refractivity contribution in [2.24, 2.45) is 5.92 Å². The quantitative estimate of drug-likeness (QED) is 0.844. The van der Waals surface area contributed by atoms with Crippen LogP contribution in [0.25, 0.3) is 0 Å². The van der Waals surface area contributed by atoms with Gasteiger partial charge in [-0.3, -0.25) is 19.3 Å². The van der Waals surface area contributed by atoms with Crippen molar-refractivity contribution in [3.05, 3.63) is 34.9 Å². The maximum Gasteiger partial charge on any atom is 0.306 e. The summed E-state index contributed by atoms with van der Waals surface area (Å²) in [4.78, 5) is 36.3. The second-order valence-corrected chi connectivity index (χ2v) is 5.29. The van der Waals surface area contributed by atoms with Crippen LogP contribution in [0, 0.1) is 17.6 Å². The van der Waals surface area contributed by atoms with Crippen LogP contribution in [0.2, 0.25) is 0 Å². The van der Waals surface area contributed by atoms with Gasteiger partial charge in [-0.1, -0.05) is 0 Å². The Morgan fingerprint density at radius 2 is 1.62 bits per heavy atom. The first-order valence-electron chi connectivity index (χ1n) is 6.50. The number of amides is 2. The van der Waals surface area contributed by atoms with Gasteiger partial charge in [-0.2, -0.15) is 0 Å². The lowest BCUT2D eigenvalue weighted by Gasteiger charge is -2.21. The third-order valence-electron chi connectivity index (χ3n) is 4.08. The van der Waals surface area contributed by atoms with Crippen molar-refractivity contribution in [1.82, 2.24) is 4.90 Å². The molecule has 1 N–H and O–H groups in total. The largest absolute Gasteiger partial charge is 0.481 e. The van der Waals surface area contributed by atoms with Crippen LogP contribution >= 0.6 is 0 Å². The third kappa shape index (κ3) is 2.00. The standard InChI is InChI=1S/C14H11F2NO4/c15-10-4-8-9(5-11(10)16)13(19)17(12(8)18)7-2-1-6(3-7)14(20)21/h4-7H,1-3H2,(H,20,21)/t6-,7+/m1/s1. The maximum atomic E-state index is 13.2. The molecule has 5 nitrogen and oxygen atoms in total. The molecule has 0 saturated heterocycles. The molecule has 3 rings (SSSR count). The fourth-order valence-corrected chi connectivity index (χ4v) is 3.00. The summed E-state index contributed by atoms with van der Waals surface area (Å²) in [6.07, 6.45) is 0.926. The van der Waals surface area contributed by atoms with Crippen molar-refractivity contribution in [3.63, 3.8) is 0 Å². The summed E-state index contributed by atoms with van der Waals surface area (Å²) in [5, 5.41) is 8.96. The number of carboxylic acids is 1. The van der Waals surface area contributed by atoms with Crippen molar-refractivity contribution in [3.8, 4) is 0 Å². The van der Waals surface area contributed by atoms with Gasteiger partial charge < -0.3 is 5.11 Å². The number of imide groups is 1. The SMILES string of the molecule is O=C(O)[C@@H]1CC[C@H](N2C(=O)c3cc(F)c(F)cc3C2=O)C1. The number of hydrogen-bond acceptors (Lipinski definition) is 3. The summed E-state index contributed by atoms with van der Waals surface area (Å²) in [6.45, 7) is 0. The van der Waals surface area contributed by atoms with E-state index in [1.807, 2.05) is 0 Å². The molecule has 1 aromatic rings. The molecule has 1 aliphatic carbocycles. The predicted molar refractivity (Wildman–Crippen MR) is 65.6 cm³/mol. The summed E-state index contributed by atoms with van der Waals surface area (Å²) in [6, 6.07) is 0.896. The zero-order valence-corrected chi connectivity index (χ0v) is 10.8. The molecule has 2 amide bonds. The molecule has 7 heteroatoms. The van der Waals surface area contributed by atoms with E-state index in [1.165, 1.54) is 0 Å². The number of carbonyl (C=O) groups excluding carboxylic acids is 2. The zero-order chi connectivity index (χ0) is 15.3. The Labute approximate surface area is 118 Å². The lowest BCUT2D eigenvalue weighted by atomic mass is 10.1. The van der Waals surface area contributed by atoms with Crippen LogP contribution in [0.4, 0.5) is 8.78 Å². The van der Waals surface area contributed by atoms with Crippen molar-refractivity contribution in [2.75, 3.05) is 0 Å². The third-order valence-corrected chi connectivity index (χ3v) is 4.08. The van der Waals surface area contributed by atoms with Crippen LogP contribution in [0.5, 0.6) is 0 Å². The Hall–Kier alpha value is -2.31. The highest BCUT2D eigenvalue weighted by atomic mass is 19.2. The molecular formula is C14H11F2NO4. The molecule has 110 valence electrons. The Morgan fingerprint density at radius 3 is 2.05 bits per heavy atom. The first kappa shape index (κ1) is 13.7. The summed E-state index contributed by atoms with van der Waals surface area (Å²) in [5.74, 6) is -5.33. The van der Waals surface area contributed by atoms with Crippen molar-refractivity contribution in [2.45, 2.75) is 25.3 Å². The van der Waals surface area contributed by atoms with Gasteiger partial charge in [0.05, 0.1) is 17.0 Å². The molecule has 1 fully saturated rings. The average Bonchev–Trinajstić information content (AvgIpc) is 2.98. The topological polar surface area (TPSA) is 74.7 Å². The second-order valence-electron chi connectivity index (χ2n) is 5.29. The van der Waals surface area contributed by atoms with E-state index in [9.17, 15) is 23.2 Å². The normalized spacial score (nSPS) is 24.6. The number of aliphatic carboxylic acids is 1. The summed E-state index contributed by atoms with van der Waals surface area (Å²) in [5.41, 5.74) is -0.338. The zero-order valence-electron chi connectivity index (χ0n) is 10.8. The number of nitrogens with zero attached hydrogens (tertiary/aromatic N) is 1. The highest BCUT2D eigenvalue weighted by Crippen LogP contribution is 2.35. The van der Waals surface area contributed by atoms with Gasteiger partial charge in [0.15, 0.2) is 11.6 Å². The number of rotatable bonds is 2. The molecule has 2 atom stereocenters. The molecule has 1 aromatic carbocycles. The van der Waals surface area contributed by atoms with E-state index < -0.39 is 41.4 Å². The number of benzene rings is 1. The minimum atomic E-state index is -1.19. The lowest BCUT2D eigenvalue weighted by Crippen LogP contribution is -2.38. The van der Waals surface area contributed by atoms with E-state index in [4.69, 9.17) is 5.11 Å². The van der Waals surface area contributed by atoms with E-state index in [0.29, 0.717) is 25.0 Å². The minimum absolute atomic E-state index is 0.169. The fourth-order valence-electron chi connectivity index (χ4n) is 3.00. The van der Waals surface area contributed by atoms with Gasteiger partial charge in [0.25, 0.3) is 11.8 Å². The average molecular weight is 295 g/mol. The van der Waals surface area contributed by atoms with Crippen molar-refractivity contribution >= 4 is 17.8 Å². The van der Waals surface area contributed by atoms with Gasteiger partial charge in [0, 0.05) is 6.04 Å². The highest BCUT2D eigenvalue weighted by Gasteiger charge is 2.44. The number of fused-ring (bicyclic) bond motifs is 1. The van der Waals surface area contributed by atoms with E-state index in [-0.39, 0.29) is 17.5 Å². The summed E-state index contributed by atoms with van der Waals surface area (Å²) in [7, 11) is 0. The fraction of sp³-hybridized carbons (Fsp3) is 0.357. The molecular weight excluding hydrogens is 284 g/mol. The molecule has 2 aliphatic rings. The monoisotopic (exact) mass is 295 g/mol. The van der Waals surface area contributed by atoms with E-state index in [2.05, 4.69) is 0 Å². The molecule has 1 aliphatic heterocycles. The van der Waals surface area contributed by atoms with Gasteiger partial charge in [0.2, 0.25) is 0 Å². The van der Waals surface area contributed by atoms with Crippen LogP contribution in [0.15, 0.2) is 12.1 Å².